The third-order valence-corrected chi connectivity index (χ3v) is 1.49. The first kappa shape index (κ1) is 17.2. The summed E-state index contributed by atoms with van der Waals surface area (Å²) in [6.45, 7) is 4.00. The smallest absolute Gasteiger partial charge is 0.225 e. The van der Waals surface area contributed by atoms with E-state index in [1.165, 1.54) is 12.1 Å². The lowest BCUT2D eigenvalue weighted by molar-refractivity contribution is -0.104. The van der Waals surface area contributed by atoms with Crippen molar-refractivity contribution in [1.82, 2.24) is 0 Å². The molecule has 0 atom stereocenters. The summed E-state index contributed by atoms with van der Waals surface area (Å²) in [6, 6.07) is 6.16. The summed E-state index contributed by atoms with van der Waals surface area (Å²) >= 11 is 5.56. The number of methoxy groups -OCH3 is 1. The van der Waals surface area contributed by atoms with Crippen LogP contribution in [0.15, 0.2) is 24.3 Å². The lowest BCUT2D eigenvalue weighted by Gasteiger charge is -1.92. The molecule has 0 spiro atoms. The molecule has 3 nitrogen and oxygen atoms in total. The largest absolute Gasteiger partial charge is 0.388 e. The normalized spacial score (nSPS) is 7.81. The van der Waals surface area contributed by atoms with Crippen LogP contribution in [0.2, 0.25) is 5.02 Å². The van der Waals surface area contributed by atoms with E-state index in [-0.39, 0.29) is 6.29 Å². The predicted octanol–water partition coefficient (Wildman–Crippen LogP) is 3.01. The van der Waals surface area contributed by atoms with Gasteiger partial charge in [0.1, 0.15) is 0 Å². The molecule has 1 rings (SSSR count). The van der Waals surface area contributed by atoms with Gasteiger partial charge in [0, 0.05) is 24.8 Å². The average Bonchev–Trinajstić information content (AvgIpc) is 2.33. The van der Waals surface area contributed by atoms with E-state index in [4.69, 9.17) is 11.6 Å². The Morgan fingerprint density at radius 1 is 1.19 bits per heavy atom. The number of rotatable bonds is 2. The molecule has 0 heterocycles. The van der Waals surface area contributed by atoms with Gasteiger partial charge in [-0.15, -0.1) is 0 Å². The molecule has 16 heavy (non-hydrogen) atoms. The highest BCUT2D eigenvalue weighted by atomic mass is 35.5. The molecule has 0 aliphatic rings. The molecule has 1 aromatic carbocycles. The molecule has 90 valence electrons. The molecule has 0 saturated heterocycles. The van der Waals surface area contributed by atoms with E-state index in [9.17, 15) is 9.59 Å². The molecule has 4 heteroatoms. The van der Waals surface area contributed by atoms with Gasteiger partial charge in [-0.2, -0.15) is 0 Å². The zero-order chi connectivity index (χ0) is 13.0. The third-order valence-electron chi connectivity index (χ3n) is 1.24. The van der Waals surface area contributed by atoms with Crippen molar-refractivity contribution in [1.29, 1.82) is 0 Å². The minimum atomic E-state index is -0.526. The maximum absolute atomic E-state index is 10.7. The molecule has 1 aromatic rings. The Balaban J connectivity index is 0. The topological polar surface area (TPSA) is 43.4 Å². The van der Waals surface area contributed by atoms with Crippen LogP contribution < -0.4 is 0 Å². The highest BCUT2D eigenvalue weighted by molar-refractivity contribution is 6.34. The van der Waals surface area contributed by atoms with Crippen molar-refractivity contribution in [3.63, 3.8) is 0 Å². The van der Waals surface area contributed by atoms with Crippen molar-refractivity contribution in [2.24, 2.45) is 0 Å². The third kappa shape index (κ3) is 8.15. The van der Waals surface area contributed by atoms with Crippen molar-refractivity contribution in [2.75, 3.05) is 14.2 Å². The van der Waals surface area contributed by atoms with Gasteiger partial charge < -0.3 is 4.74 Å². The number of carbonyl (C=O) groups excluding carboxylic acids is 2. The Kier molecular flexibility index (Phi) is 12.8. The van der Waals surface area contributed by atoms with Crippen LogP contribution in [0.25, 0.3) is 0 Å². The summed E-state index contributed by atoms with van der Waals surface area (Å²) in [4.78, 5) is 20.7. The monoisotopic (exact) mass is 244 g/mol. The number of Topliss-reactive ketones (excluding diaryl/α,β-unsaturated/α-hetero) is 1. The molecule has 0 radical (unpaired) electrons. The fourth-order valence-electron chi connectivity index (χ4n) is 0.682. The Labute approximate surface area is 101 Å². The summed E-state index contributed by atoms with van der Waals surface area (Å²) in [5.74, 6) is -0.526. The van der Waals surface area contributed by atoms with Crippen molar-refractivity contribution in [3.05, 3.63) is 34.9 Å². The molecular formula is C12H17ClO3. The van der Waals surface area contributed by atoms with Crippen LogP contribution in [-0.2, 0) is 9.53 Å². The Morgan fingerprint density at radius 3 is 1.88 bits per heavy atom. The molecule has 0 amide bonds. The van der Waals surface area contributed by atoms with Crippen molar-refractivity contribution < 1.29 is 14.3 Å². The molecule has 0 fully saturated rings. The predicted molar refractivity (Wildman–Crippen MR) is 66.1 cm³/mol. The van der Waals surface area contributed by atoms with Crippen LogP contribution in [0.5, 0.6) is 0 Å². The zero-order valence-corrected chi connectivity index (χ0v) is 10.7. The van der Waals surface area contributed by atoms with E-state index in [1.54, 1.807) is 26.4 Å². The van der Waals surface area contributed by atoms with Crippen LogP contribution in [0.3, 0.4) is 0 Å². The first-order chi connectivity index (χ1) is 7.65. The van der Waals surface area contributed by atoms with Gasteiger partial charge in [-0.05, 0) is 24.3 Å². The molecular weight excluding hydrogens is 228 g/mol. The second kappa shape index (κ2) is 11.9. The second-order valence-electron chi connectivity index (χ2n) is 2.40. The number of hydrogen-bond acceptors (Lipinski definition) is 3. The number of ketones is 1. The number of aldehydes is 1. The maximum atomic E-state index is 10.7. The van der Waals surface area contributed by atoms with E-state index in [2.05, 4.69) is 4.74 Å². The van der Waals surface area contributed by atoms with Crippen molar-refractivity contribution >= 4 is 23.7 Å². The highest BCUT2D eigenvalue weighted by Gasteiger charge is 2.01. The fraction of sp³-hybridized carbons (Fsp3) is 0.333. The van der Waals surface area contributed by atoms with Gasteiger partial charge in [-0.1, -0.05) is 25.4 Å². The molecule has 0 N–H and O–H groups in total. The lowest BCUT2D eigenvalue weighted by atomic mass is 10.1. The molecule has 0 bridgehead atoms. The minimum Gasteiger partial charge on any atom is -0.388 e. The molecule has 0 aliphatic heterocycles. The number of ether oxygens (including phenoxy) is 1. The van der Waals surface area contributed by atoms with Gasteiger partial charge >= 0.3 is 0 Å². The summed E-state index contributed by atoms with van der Waals surface area (Å²) < 4.78 is 4.25. The number of carbonyl (C=O) groups is 2. The average molecular weight is 245 g/mol. The van der Waals surface area contributed by atoms with Crippen LogP contribution in [0.4, 0.5) is 0 Å². The summed E-state index contributed by atoms with van der Waals surface area (Å²) in [5, 5.41) is 0.549. The molecule has 0 unspecified atom stereocenters. The van der Waals surface area contributed by atoms with E-state index in [0.29, 0.717) is 10.6 Å². The lowest BCUT2D eigenvalue weighted by Crippen LogP contribution is -1.98. The number of halogens is 1. The molecule has 0 aromatic heterocycles. The molecule has 0 saturated carbocycles. The first-order valence-corrected chi connectivity index (χ1v) is 5.18. The summed E-state index contributed by atoms with van der Waals surface area (Å²) in [5.41, 5.74) is 0.365. The van der Waals surface area contributed by atoms with Gasteiger partial charge in [0.15, 0.2) is 6.29 Å². The number of hydrogen-bond donors (Lipinski definition) is 0. The van der Waals surface area contributed by atoms with Gasteiger partial charge in [-0.3, -0.25) is 9.59 Å². The first-order valence-electron chi connectivity index (χ1n) is 4.81. The van der Waals surface area contributed by atoms with Gasteiger partial charge in [0.2, 0.25) is 5.78 Å². The van der Waals surface area contributed by atoms with E-state index >= 15 is 0 Å². The standard InChI is InChI=1S/C8H5ClO2.C2H6O.C2H6/c9-7-3-1-6(2-4-7)8(11)5-10;1-3-2;1-2/h1-5H;1-2H3;1-2H3. The summed E-state index contributed by atoms with van der Waals surface area (Å²) in [7, 11) is 3.25. The molecule has 0 aliphatic carbocycles. The quantitative estimate of drug-likeness (QED) is 0.456. The Morgan fingerprint density at radius 2 is 1.56 bits per heavy atom. The van der Waals surface area contributed by atoms with Crippen LogP contribution in [0.1, 0.15) is 24.2 Å². The second-order valence-corrected chi connectivity index (χ2v) is 2.83. The highest BCUT2D eigenvalue weighted by Crippen LogP contribution is 2.08. The Bertz CT molecular complexity index is 294. The van der Waals surface area contributed by atoms with E-state index in [1.807, 2.05) is 13.8 Å². The number of benzene rings is 1. The van der Waals surface area contributed by atoms with Crippen LogP contribution >= 0.6 is 11.6 Å². The van der Waals surface area contributed by atoms with Gasteiger partial charge in [0.25, 0.3) is 0 Å². The Hall–Kier alpha value is -1.19. The minimum absolute atomic E-state index is 0.281. The van der Waals surface area contributed by atoms with E-state index < -0.39 is 5.78 Å². The SMILES string of the molecule is CC.COC.O=CC(=O)c1ccc(Cl)cc1. The fourth-order valence-corrected chi connectivity index (χ4v) is 0.808. The van der Waals surface area contributed by atoms with Gasteiger partial charge in [-0.25, -0.2) is 0 Å². The maximum Gasteiger partial charge on any atom is 0.225 e. The van der Waals surface area contributed by atoms with Crippen molar-refractivity contribution in [3.8, 4) is 0 Å². The van der Waals surface area contributed by atoms with Crippen LogP contribution in [0, 0.1) is 0 Å². The van der Waals surface area contributed by atoms with Crippen molar-refractivity contribution in [2.45, 2.75) is 13.8 Å². The van der Waals surface area contributed by atoms with Gasteiger partial charge in [0.05, 0.1) is 0 Å². The summed E-state index contributed by atoms with van der Waals surface area (Å²) in [6.07, 6.45) is 0.281. The van der Waals surface area contributed by atoms with Crippen LogP contribution in [-0.4, -0.2) is 26.3 Å². The van der Waals surface area contributed by atoms with E-state index in [0.717, 1.165) is 0 Å². The zero-order valence-electron chi connectivity index (χ0n) is 9.99.